The summed E-state index contributed by atoms with van der Waals surface area (Å²) in [5.41, 5.74) is 0.523. The van der Waals surface area contributed by atoms with Crippen LogP contribution in [0.5, 0.6) is 0 Å². The van der Waals surface area contributed by atoms with Gasteiger partial charge in [-0.05, 0) is 43.3 Å². The van der Waals surface area contributed by atoms with Gasteiger partial charge in [0.05, 0.1) is 16.9 Å². The average Bonchev–Trinajstić information content (AvgIpc) is 2.93. The van der Waals surface area contributed by atoms with E-state index in [0.29, 0.717) is 10.6 Å². The number of nitrogens with one attached hydrogen (secondary N) is 1. The maximum absolute atomic E-state index is 12.0. The van der Waals surface area contributed by atoms with Crippen LogP contribution < -0.4 is 5.32 Å². The molecule has 118 valence electrons. The van der Waals surface area contributed by atoms with E-state index in [4.69, 9.17) is 4.84 Å². The van der Waals surface area contributed by atoms with E-state index in [1.54, 1.807) is 6.07 Å². The molecule has 0 radical (unpaired) electrons. The van der Waals surface area contributed by atoms with E-state index in [1.807, 2.05) is 13.0 Å². The molecule has 0 aliphatic rings. The van der Waals surface area contributed by atoms with Crippen LogP contribution in [0, 0.1) is 6.92 Å². The Morgan fingerprint density at radius 3 is 2.32 bits per heavy atom. The fourth-order valence-corrected chi connectivity index (χ4v) is 3.44. The van der Waals surface area contributed by atoms with Crippen molar-refractivity contribution in [3.8, 4) is 0 Å². The fourth-order valence-electron chi connectivity index (χ4n) is 1.71. The number of hydroxylamine groups is 1. The zero-order valence-electron chi connectivity index (χ0n) is 12.4. The summed E-state index contributed by atoms with van der Waals surface area (Å²) in [4.78, 5) is 18.5. The second-order valence-corrected chi connectivity index (χ2v) is 7.71. The van der Waals surface area contributed by atoms with Crippen molar-refractivity contribution >= 4 is 33.0 Å². The molecule has 22 heavy (non-hydrogen) atoms. The molecule has 0 aliphatic carbocycles. The predicted octanol–water partition coefficient (Wildman–Crippen LogP) is 2.49. The summed E-state index contributed by atoms with van der Waals surface area (Å²) in [5.74, 6) is -0.220. The van der Waals surface area contributed by atoms with Gasteiger partial charge < -0.3 is 5.32 Å². The summed E-state index contributed by atoms with van der Waals surface area (Å²) in [6, 6.07) is 9.53. The first kappa shape index (κ1) is 16.6. The summed E-state index contributed by atoms with van der Waals surface area (Å²) < 4.78 is 24.8. The number of nitrogens with zero attached hydrogens (tertiary/aromatic N) is 1. The van der Waals surface area contributed by atoms with Gasteiger partial charge in [-0.25, -0.2) is 8.42 Å². The van der Waals surface area contributed by atoms with Gasteiger partial charge in [-0.3, -0.25) is 9.63 Å². The molecule has 1 aromatic carbocycles. The highest BCUT2D eigenvalue weighted by molar-refractivity contribution is 7.89. The average molecular weight is 340 g/mol. The summed E-state index contributed by atoms with van der Waals surface area (Å²) >= 11 is 1.40. The van der Waals surface area contributed by atoms with Crippen LogP contribution in [0.15, 0.2) is 41.3 Å². The summed E-state index contributed by atoms with van der Waals surface area (Å²) in [5, 5.41) is 2.73. The molecule has 0 saturated carbocycles. The van der Waals surface area contributed by atoms with Crippen LogP contribution >= 0.6 is 11.3 Å². The number of sulfonamides is 1. The molecule has 1 N–H and O–H groups in total. The number of amides is 1. The largest absolute Gasteiger partial charge is 0.321 e. The minimum absolute atomic E-state index is 0.0850. The van der Waals surface area contributed by atoms with Crippen molar-refractivity contribution < 1.29 is 18.0 Å². The molecule has 6 nitrogen and oxygen atoms in total. The number of carbonyl (C=O) groups is 1. The lowest BCUT2D eigenvalue weighted by Crippen LogP contribution is -2.25. The Balaban J connectivity index is 2.14. The van der Waals surface area contributed by atoms with Crippen LogP contribution in [0.4, 0.5) is 5.69 Å². The monoisotopic (exact) mass is 340 g/mol. The topological polar surface area (TPSA) is 75.7 Å². The number of benzene rings is 1. The SMILES string of the molecule is CON(C)S(=O)(=O)c1ccc(NC(=O)c2ccc(C)s2)cc1. The maximum Gasteiger partial charge on any atom is 0.265 e. The highest BCUT2D eigenvalue weighted by atomic mass is 32.2. The van der Waals surface area contributed by atoms with Crippen molar-refractivity contribution in [3.63, 3.8) is 0 Å². The van der Waals surface area contributed by atoms with Gasteiger partial charge in [0.15, 0.2) is 0 Å². The lowest BCUT2D eigenvalue weighted by Gasteiger charge is -2.14. The molecule has 2 rings (SSSR count). The summed E-state index contributed by atoms with van der Waals surface area (Å²) in [6.45, 7) is 1.92. The van der Waals surface area contributed by atoms with Crippen LogP contribution in [0.25, 0.3) is 0 Å². The molecular formula is C14H16N2O4S2. The third-order valence-corrected chi connectivity index (χ3v) is 5.66. The predicted molar refractivity (Wildman–Crippen MR) is 85.4 cm³/mol. The van der Waals surface area contributed by atoms with E-state index in [0.717, 1.165) is 9.35 Å². The van der Waals surface area contributed by atoms with Crippen LogP contribution in [0.1, 0.15) is 14.5 Å². The Bertz CT molecular complexity index is 766. The third-order valence-electron chi connectivity index (χ3n) is 2.97. The minimum Gasteiger partial charge on any atom is -0.321 e. The van der Waals surface area contributed by atoms with Gasteiger partial charge in [0.2, 0.25) is 0 Å². The highest BCUT2D eigenvalue weighted by Crippen LogP contribution is 2.20. The van der Waals surface area contributed by atoms with Crippen molar-refractivity contribution in [1.29, 1.82) is 0 Å². The number of anilines is 1. The van der Waals surface area contributed by atoms with Crippen molar-refractivity contribution in [1.82, 2.24) is 4.47 Å². The molecule has 0 aliphatic heterocycles. The summed E-state index contributed by atoms with van der Waals surface area (Å²) in [7, 11) is -1.10. The Kier molecular flexibility index (Phi) is 4.97. The number of hydrogen-bond donors (Lipinski definition) is 1. The smallest absolute Gasteiger partial charge is 0.265 e. The van der Waals surface area contributed by atoms with Gasteiger partial charge in [-0.2, -0.15) is 0 Å². The quantitative estimate of drug-likeness (QED) is 0.849. The second-order valence-electron chi connectivity index (χ2n) is 4.49. The molecule has 0 bridgehead atoms. The van der Waals surface area contributed by atoms with Gasteiger partial charge >= 0.3 is 0 Å². The van der Waals surface area contributed by atoms with Crippen LogP contribution in [-0.4, -0.2) is 33.0 Å². The van der Waals surface area contributed by atoms with Crippen molar-refractivity contribution in [2.24, 2.45) is 0 Å². The van der Waals surface area contributed by atoms with Crippen LogP contribution in [0.3, 0.4) is 0 Å². The first-order valence-corrected chi connectivity index (χ1v) is 8.61. The first-order valence-electron chi connectivity index (χ1n) is 6.35. The minimum atomic E-state index is -3.68. The zero-order chi connectivity index (χ0) is 16.3. The van der Waals surface area contributed by atoms with Crippen LogP contribution in [0.2, 0.25) is 0 Å². The molecule has 1 amide bonds. The molecule has 2 aromatic rings. The van der Waals surface area contributed by atoms with Crippen molar-refractivity contribution in [3.05, 3.63) is 46.2 Å². The van der Waals surface area contributed by atoms with E-state index >= 15 is 0 Å². The van der Waals surface area contributed by atoms with Gasteiger partial charge in [-0.15, -0.1) is 11.3 Å². The Morgan fingerprint density at radius 2 is 1.82 bits per heavy atom. The van der Waals surface area contributed by atoms with E-state index < -0.39 is 10.0 Å². The fraction of sp³-hybridized carbons (Fsp3) is 0.214. The molecule has 0 unspecified atom stereocenters. The third kappa shape index (κ3) is 3.53. The molecular weight excluding hydrogens is 324 g/mol. The molecule has 8 heteroatoms. The lowest BCUT2D eigenvalue weighted by molar-refractivity contribution is -0.0258. The Hall–Kier alpha value is -1.74. The molecule has 0 atom stereocenters. The molecule has 0 spiro atoms. The van der Waals surface area contributed by atoms with Crippen molar-refractivity contribution in [2.45, 2.75) is 11.8 Å². The summed E-state index contributed by atoms with van der Waals surface area (Å²) in [6.07, 6.45) is 0. The molecule has 1 aromatic heterocycles. The second kappa shape index (κ2) is 6.57. The van der Waals surface area contributed by atoms with Gasteiger partial charge in [0.1, 0.15) is 0 Å². The Labute approximate surface area is 133 Å². The standard InChI is InChI=1S/C14H16N2O4S2/c1-10-4-9-13(21-10)14(17)15-11-5-7-12(8-6-11)22(18,19)16(2)20-3/h4-9H,1-3H3,(H,15,17). The first-order chi connectivity index (χ1) is 10.3. The number of hydrogen-bond acceptors (Lipinski definition) is 5. The highest BCUT2D eigenvalue weighted by Gasteiger charge is 2.20. The Morgan fingerprint density at radius 1 is 1.18 bits per heavy atom. The van der Waals surface area contributed by atoms with E-state index in [9.17, 15) is 13.2 Å². The van der Waals surface area contributed by atoms with E-state index in [2.05, 4.69) is 5.32 Å². The van der Waals surface area contributed by atoms with E-state index in [1.165, 1.54) is 49.8 Å². The maximum atomic E-state index is 12.0. The van der Waals surface area contributed by atoms with Gasteiger partial charge in [0, 0.05) is 17.6 Å². The molecule has 0 fully saturated rings. The van der Waals surface area contributed by atoms with Gasteiger partial charge in [0.25, 0.3) is 15.9 Å². The van der Waals surface area contributed by atoms with Crippen LogP contribution in [-0.2, 0) is 14.9 Å². The number of aryl methyl sites for hydroxylation is 1. The number of carbonyl (C=O) groups excluding carboxylic acids is 1. The number of rotatable bonds is 5. The van der Waals surface area contributed by atoms with Gasteiger partial charge in [-0.1, -0.05) is 4.47 Å². The molecule has 0 saturated heterocycles. The normalized spacial score (nSPS) is 11.6. The zero-order valence-corrected chi connectivity index (χ0v) is 14.0. The number of thiophene rings is 1. The van der Waals surface area contributed by atoms with E-state index in [-0.39, 0.29) is 10.8 Å². The molecule has 1 heterocycles. The lowest BCUT2D eigenvalue weighted by atomic mass is 10.3. The van der Waals surface area contributed by atoms with Crippen molar-refractivity contribution in [2.75, 3.05) is 19.5 Å².